The first-order valence-electron chi connectivity index (χ1n) is 4.97. The highest BCUT2D eigenvalue weighted by Crippen LogP contribution is 2.33. The van der Waals surface area contributed by atoms with Crippen molar-refractivity contribution in [3.05, 3.63) is 0 Å². The predicted octanol–water partition coefficient (Wildman–Crippen LogP) is 1.31. The van der Waals surface area contributed by atoms with E-state index >= 15 is 0 Å². The molecule has 5 heteroatoms. The van der Waals surface area contributed by atoms with Gasteiger partial charge in [0.1, 0.15) is 5.41 Å². The molecule has 0 bridgehead atoms. The van der Waals surface area contributed by atoms with Gasteiger partial charge in [-0.15, -0.1) is 0 Å². The van der Waals surface area contributed by atoms with Crippen molar-refractivity contribution in [1.82, 2.24) is 5.32 Å². The summed E-state index contributed by atoms with van der Waals surface area (Å²) >= 11 is 0. The number of carbonyl (C=O) groups excluding carboxylic acids is 1. The molecule has 0 unspecified atom stereocenters. The lowest BCUT2D eigenvalue weighted by Gasteiger charge is -2.42. The van der Waals surface area contributed by atoms with Gasteiger partial charge in [-0.1, -0.05) is 0 Å². The van der Waals surface area contributed by atoms with Crippen LogP contribution in [-0.4, -0.2) is 29.1 Å². The molecule has 3 nitrogen and oxygen atoms in total. The third-order valence-electron chi connectivity index (χ3n) is 2.84. The smallest absolute Gasteiger partial charge is 0.252 e. The van der Waals surface area contributed by atoms with Crippen LogP contribution in [0.25, 0.3) is 0 Å². The predicted molar refractivity (Wildman–Crippen MR) is 51.6 cm³/mol. The number of amides is 1. The first kappa shape index (κ1) is 12.4. The molecule has 0 aliphatic heterocycles. The standard InChI is InChI=1S/C10H17F2NO2/c1-9(2,7(11)12)8(14)13-6-4-10(3,15)5-6/h6-7,15H,4-5H2,1-3H3,(H,13,14). The van der Waals surface area contributed by atoms with Gasteiger partial charge in [-0.2, -0.15) is 0 Å². The van der Waals surface area contributed by atoms with Crippen LogP contribution in [0.5, 0.6) is 0 Å². The molecule has 1 amide bonds. The first-order chi connectivity index (χ1) is 6.65. The van der Waals surface area contributed by atoms with Crippen LogP contribution < -0.4 is 5.32 Å². The zero-order chi connectivity index (χ0) is 11.9. The summed E-state index contributed by atoms with van der Waals surface area (Å²) in [6.07, 6.45) is -1.83. The number of aliphatic hydroxyl groups is 1. The van der Waals surface area contributed by atoms with E-state index in [-0.39, 0.29) is 6.04 Å². The number of halogens is 2. The first-order valence-corrected chi connectivity index (χ1v) is 4.97. The Morgan fingerprint density at radius 1 is 1.53 bits per heavy atom. The monoisotopic (exact) mass is 221 g/mol. The van der Waals surface area contributed by atoms with Crippen LogP contribution in [0, 0.1) is 5.41 Å². The maximum Gasteiger partial charge on any atom is 0.252 e. The molecule has 0 saturated heterocycles. The molecule has 0 heterocycles. The molecule has 1 fully saturated rings. The second-order valence-corrected chi connectivity index (χ2v) is 5.10. The highest BCUT2D eigenvalue weighted by atomic mass is 19.3. The average Bonchev–Trinajstić information content (AvgIpc) is 2.00. The van der Waals surface area contributed by atoms with Crippen molar-refractivity contribution in [2.45, 2.75) is 51.7 Å². The van der Waals surface area contributed by atoms with Gasteiger partial charge in [0, 0.05) is 6.04 Å². The van der Waals surface area contributed by atoms with Crippen LogP contribution >= 0.6 is 0 Å². The zero-order valence-corrected chi connectivity index (χ0v) is 9.18. The fourth-order valence-electron chi connectivity index (χ4n) is 1.57. The SMILES string of the molecule is CC1(O)CC(NC(=O)C(C)(C)C(F)F)C1. The van der Waals surface area contributed by atoms with E-state index in [1.165, 1.54) is 13.8 Å². The van der Waals surface area contributed by atoms with Gasteiger partial charge in [-0.3, -0.25) is 4.79 Å². The molecule has 0 spiro atoms. The highest BCUT2D eigenvalue weighted by molar-refractivity contribution is 5.82. The molecule has 2 N–H and O–H groups in total. The Morgan fingerprint density at radius 3 is 2.33 bits per heavy atom. The highest BCUT2D eigenvalue weighted by Gasteiger charge is 2.43. The minimum atomic E-state index is -2.68. The van der Waals surface area contributed by atoms with Crippen molar-refractivity contribution in [3.63, 3.8) is 0 Å². The molecule has 1 saturated carbocycles. The van der Waals surface area contributed by atoms with E-state index in [2.05, 4.69) is 5.32 Å². The normalized spacial score (nSPS) is 31.3. The number of alkyl halides is 2. The summed E-state index contributed by atoms with van der Waals surface area (Å²) in [5, 5.41) is 11.9. The van der Waals surface area contributed by atoms with Gasteiger partial charge in [0.15, 0.2) is 0 Å². The van der Waals surface area contributed by atoms with E-state index in [0.29, 0.717) is 12.8 Å². The molecule has 0 aromatic carbocycles. The number of nitrogens with one attached hydrogen (secondary N) is 1. The van der Waals surface area contributed by atoms with Crippen LogP contribution in [0.15, 0.2) is 0 Å². The Morgan fingerprint density at radius 2 is 2.00 bits per heavy atom. The second kappa shape index (κ2) is 3.70. The van der Waals surface area contributed by atoms with Crippen molar-refractivity contribution >= 4 is 5.91 Å². The van der Waals surface area contributed by atoms with Crippen molar-refractivity contribution in [3.8, 4) is 0 Å². The summed E-state index contributed by atoms with van der Waals surface area (Å²) in [7, 11) is 0. The van der Waals surface area contributed by atoms with Gasteiger partial charge in [0.25, 0.3) is 6.43 Å². The third-order valence-corrected chi connectivity index (χ3v) is 2.84. The number of hydrogen-bond donors (Lipinski definition) is 2. The van der Waals surface area contributed by atoms with Gasteiger partial charge >= 0.3 is 0 Å². The Balaban J connectivity index is 2.44. The fraction of sp³-hybridized carbons (Fsp3) is 0.900. The third kappa shape index (κ3) is 2.65. The molecule has 88 valence electrons. The number of hydrogen-bond acceptors (Lipinski definition) is 2. The van der Waals surface area contributed by atoms with Crippen LogP contribution in [-0.2, 0) is 4.79 Å². The molecule has 1 aliphatic carbocycles. The molecule has 1 rings (SSSR count). The maximum atomic E-state index is 12.5. The van der Waals surface area contributed by atoms with E-state index < -0.39 is 23.3 Å². The Labute approximate surface area is 87.9 Å². The summed E-state index contributed by atoms with van der Waals surface area (Å²) in [6, 6.07) is -0.175. The Hall–Kier alpha value is -0.710. The van der Waals surface area contributed by atoms with Gasteiger partial charge in [-0.25, -0.2) is 8.78 Å². The van der Waals surface area contributed by atoms with E-state index in [0.717, 1.165) is 0 Å². The van der Waals surface area contributed by atoms with Crippen LogP contribution in [0.3, 0.4) is 0 Å². The van der Waals surface area contributed by atoms with Gasteiger partial charge in [0.2, 0.25) is 5.91 Å². The van der Waals surface area contributed by atoms with Gasteiger partial charge in [-0.05, 0) is 33.6 Å². The molecular weight excluding hydrogens is 204 g/mol. The second-order valence-electron chi connectivity index (χ2n) is 5.10. The summed E-state index contributed by atoms with van der Waals surface area (Å²) in [5.74, 6) is -0.655. The lowest BCUT2D eigenvalue weighted by atomic mass is 9.76. The van der Waals surface area contributed by atoms with E-state index in [4.69, 9.17) is 0 Å². The fourth-order valence-corrected chi connectivity index (χ4v) is 1.57. The van der Waals surface area contributed by atoms with Crippen molar-refractivity contribution < 1.29 is 18.7 Å². The van der Waals surface area contributed by atoms with Gasteiger partial charge < -0.3 is 10.4 Å². The minimum Gasteiger partial charge on any atom is -0.390 e. The van der Waals surface area contributed by atoms with Crippen LogP contribution in [0.1, 0.15) is 33.6 Å². The van der Waals surface area contributed by atoms with E-state index in [1.807, 2.05) is 0 Å². The summed E-state index contributed by atoms with van der Waals surface area (Å²) < 4.78 is 25.0. The summed E-state index contributed by atoms with van der Waals surface area (Å²) in [4.78, 5) is 11.4. The largest absolute Gasteiger partial charge is 0.390 e. The van der Waals surface area contributed by atoms with Gasteiger partial charge in [0.05, 0.1) is 5.60 Å². The van der Waals surface area contributed by atoms with Crippen LogP contribution in [0.4, 0.5) is 8.78 Å². The lowest BCUT2D eigenvalue weighted by Crippen LogP contribution is -2.56. The molecule has 0 radical (unpaired) electrons. The molecule has 0 aromatic heterocycles. The van der Waals surface area contributed by atoms with Crippen molar-refractivity contribution in [2.75, 3.05) is 0 Å². The maximum absolute atomic E-state index is 12.5. The number of carbonyl (C=O) groups is 1. The molecule has 15 heavy (non-hydrogen) atoms. The summed E-state index contributed by atoms with van der Waals surface area (Å²) in [6.45, 7) is 4.08. The van der Waals surface area contributed by atoms with E-state index in [1.54, 1.807) is 6.92 Å². The number of rotatable bonds is 3. The quantitative estimate of drug-likeness (QED) is 0.754. The minimum absolute atomic E-state index is 0.175. The van der Waals surface area contributed by atoms with Crippen LogP contribution in [0.2, 0.25) is 0 Å². The zero-order valence-electron chi connectivity index (χ0n) is 9.18. The van der Waals surface area contributed by atoms with Crippen molar-refractivity contribution in [1.29, 1.82) is 0 Å². The average molecular weight is 221 g/mol. The van der Waals surface area contributed by atoms with E-state index in [9.17, 15) is 18.7 Å². The molecular formula is C10H17F2NO2. The Bertz CT molecular complexity index is 256. The summed E-state index contributed by atoms with van der Waals surface area (Å²) in [5.41, 5.74) is -2.42. The Kier molecular flexibility index (Phi) is 3.05. The molecule has 0 atom stereocenters. The molecule has 1 aliphatic rings. The lowest BCUT2D eigenvalue weighted by molar-refractivity contribution is -0.141. The molecule has 0 aromatic rings. The topological polar surface area (TPSA) is 49.3 Å². The van der Waals surface area contributed by atoms with Crippen molar-refractivity contribution in [2.24, 2.45) is 5.41 Å².